The summed E-state index contributed by atoms with van der Waals surface area (Å²) in [6, 6.07) is 0. The van der Waals surface area contributed by atoms with Gasteiger partial charge in [0.05, 0.1) is 17.7 Å². The quantitative estimate of drug-likeness (QED) is 0.657. The number of carbonyl (C=O) groups is 1. The Labute approximate surface area is 96.6 Å². The van der Waals surface area contributed by atoms with Crippen molar-refractivity contribution in [3.63, 3.8) is 0 Å². The Bertz CT molecular complexity index is 289. The van der Waals surface area contributed by atoms with Gasteiger partial charge in [0.2, 0.25) is 5.91 Å². The van der Waals surface area contributed by atoms with Crippen molar-refractivity contribution in [2.45, 2.75) is 56.5 Å². The molecule has 0 aromatic rings. The van der Waals surface area contributed by atoms with Gasteiger partial charge in [-0.1, -0.05) is 19.8 Å². The molecular formula is C12H22N2O2. The average molecular weight is 226 g/mol. The molecular weight excluding hydrogens is 204 g/mol. The highest BCUT2D eigenvalue weighted by Gasteiger charge is 2.47. The second-order valence-electron chi connectivity index (χ2n) is 5.75. The van der Waals surface area contributed by atoms with Crippen LogP contribution in [0.15, 0.2) is 0 Å². The molecule has 92 valence electrons. The van der Waals surface area contributed by atoms with E-state index in [4.69, 9.17) is 5.73 Å². The lowest BCUT2D eigenvalue weighted by molar-refractivity contribution is -0.129. The molecule has 0 aromatic carbocycles. The summed E-state index contributed by atoms with van der Waals surface area (Å²) >= 11 is 0. The zero-order valence-electron chi connectivity index (χ0n) is 9.96. The second-order valence-corrected chi connectivity index (χ2v) is 5.75. The van der Waals surface area contributed by atoms with Gasteiger partial charge < -0.3 is 16.2 Å². The topological polar surface area (TPSA) is 75.4 Å². The second kappa shape index (κ2) is 4.00. The van der Waals surface area contributed by atoms with E-state index in [0.29, 0.717) is 5.92 Å². The van der Waals surface area contributed by atoms with Crippen LogP contribution in [0.5, 0.6) is 0 Å². The van der Waals surface area contributed by atoms with Crippen molar-refractivity contribution in [3.8, 4) is 0 Å². The van der Waals surface area contributed by atoms with Gasteiger partial charge >= 0.3 is 0 Å². The van der Waals surface area contributed by atoms with E-state index in [0.717, 1.165) is 38.5 Å². The molecule has 2 saturated carbocycles. The largest absolute Gasteiger partial charge is 0.394 e. The maximum Gasteiger partial charge on any atom is 0.240 e. The Morgan fingerprint density at radius 1 is 1.50 bits per heavy atom. The van der Waals surface area contributed by atoms with Crippen LogP contribution in [0.3, 0.4) is 0 Å². The first kappa shape index (κ1) is 11.9. The minimum atomic E-state index is -0.706. The normalized spacial score (nSPS) is 36.8. The molecule has 4 heteroatoms. The molecule has 0 bridgehead atoms. The van der Waals surface area contributed by atoms with Crippen LogP contribution >= 0.6 is 0 Å². The predicted molar refractivity (Wildman–Crippen MR) is 61.7 cm³/mol. The molecule has 0 saturated heterocycles. The standard InChI is InChI=1S/C12H22N2O2/c1-9-3-2-4-12(13,7-9)10(16)14-11(8-15)5-6-11/h9,15H,2-8,13H2,1H3,(H,14,16). The maximum atomic E-state index is 12.1. The number of aliphatic hydroxyl groups excluding tert-OH is 1. The van der Waals surface area contributed by atoms with Gasteiger partial charge in [0.1, 0.15) is 0 Å². The summed E-state index contributed by atoms with van der Waals surface area (Å²) < 4.78 is 0. The van der Waals surface area contributed by atoms with Gasteiger partial charge in [-0.3, -0.25) is 4.79 Å². The third-order valence-corrected chi connectivity index (χ3v) is 4.02. The van der Waals surface area contributed by atoms with Gasteiger partial charge in [-0.25, -0.2) is 0 Å². The summed E-state index contributed by atoms with van der Waals surface area (Å²) in [6.07, 6.45) is 5.47. The van der Waals surface area contributed by atoms with Crippen molar-refractivity contribution >= 4 is 5.91 Å². The zero-order valence-corrected chi connectivity index (χ0v) is 9.96. The summed E-state index contributed by atoms with van der Waals surface area (Å²) in [5.74, 6) is 0.458. The van der Waals surface area contributed by atoms with Crippen LogP contribution in [0, 0.1) is 5.92 Å². The molecule has 0 radical (unpaired) electrons. The highest BCUT2D eigenvalue weighted by atomic mass is 16.3. The smallest absolute Gasteiger partial charge is 0.240 e. The molecule has 2 unspecified atom stereocenters. The Hall–Kier alpha value is -0.610. The Morgan fingerprint density at radius 3 is 2.69 bits per heavy atom. The molecule has 16 heavy (non-hydrogen) atoms. The van der Waals surface area contributed by atoms with E-state index in [-0.39, 0.29) is 18.1 Å². The molecule has 2 aliphatic carbocycles. The Balaban J connectivity index is 1.97. The molecule has 2 aliphatic rings. The van der Waals surface area contributed by atoms with E-state index in [1.165, 1.54) is 0 Å². The first-order valence-electron chi connectivity index (χ1n) is 6.22. The fourth-order valence-electron chi connectivity index (χ4n) is 2.64. The summed E-state index contributed by atoms with van der Waals surface area (Å²) in [6.45, 7) is 2.18. The summed E-state index contributed by atoms with van der Waals surface area (Å²) in [5, 5.41) is 12.1. The number of nitrogens with two attached hydrogens (primary N) is 1. The molecule has 1 amide bonds. The average Bonchev–Trinajstić information content (AvgIpc) is 2.98. The molecule has 0 heterocycles. The van der Waals surface area contributed by atoms with Crippen LogP contribution in [0.1, 0.15) is 45.4 Å². The van der Waals surface area contributed by atoms with Crippen molar-refractivity contribution in [1.29, 1.82) is 0 Å². The van der Waals surface area contributed by atoms with Gasteiger partial charge in [-0.15, -0.1) is 0 Å². The molecule has 0 aliphatic heterocycles. The van der Waals surface area contributed by atoms with E-state index in [1.54, 1.807) is 0 Å². The van der Waals surface area contributed by atoms with Crippen LogP contribution in [0.25, 0.3) is 0 Å². The van der Waals surface area contributed by atoms with Gasteiger partial charge in [-0.2, -0.15) is 0 Å². The number of carbonyl (C=O) groups excluding carboxylic acids is 1. The van der Waals surface area contributed by atoms with Crippen LogP contribution in [0.2, 0.25) is 0 Å². The summed E-state index contributed by atoms with van der Waals surface area (Å²) in [7, 11) is 0. The van der Waals surface area contributed by atoms with Crippen LogP contribution in [-0.4, -0.2) is 28.7 Å². The molecule has 4 N–H and O–H groups in total. The molecule has 2 fully saturated rings. The van der Waals surface area contributed by atoms with Crippen LogP contribution in [-0.2, 0) is 4.79 Å². The molecule has 0 spiro atoms. The van der Waals surface area contributed by atoms with Gasteiger partial charge in [0.15, 0.2) is 0 Å². The van der Waals surface area contributed by atoms with Gasteiger partial charge in [-0.05, 0) is 31.6 Å². The fraction of sp³-hybridized carbons (Fsp3) is 0.917. The lowest BCUT2D eigenvalue weighted by Gasteiger charge is -2.36. The predicted octanol–water partition coefficient (Wildman–Crippen LogP) is 0.535. The first-order chi connectivity index (χ1) is 7.50. The van der Waals surface area contributed by atoms with E-state index in [9.17, 15) is 9.90 Å². The van der Waals surface area contributed by atoms with Crippen molar-refractivity contribution in [1.82, 2.24) is 5.32 Å². The lowest BCUT2D eigenvalue weighted by Crippen LogP contribution is -2.59. The highest BCUT2D eigenvalue weighted by Crippen LogP contribution is 2.37. The number of hydrogen-bond donors (Lipinski definition) is 3. The minimum absolute atomic E-state index is 0.0321. The molecule has 2 rings (SSSR count). The summed E-state index contributed by atoms with van der Waals surface area (Å²) in [5.41, 5.74) is 5.14. The number of nitrogens with one attached hydrogen (secondary N) is 1. The fourth-order valence-corrected chi connectivity index (χ4v) is 2.64. The third-order valence-electron chi connectivity index (χ3n) is 4.02. The SMILES string of the molecule is CC1CCCC(N)(C(=O)NC2(CO)CC2)C1. The Kier molecular flexibility index (Phi) is 2.97. The van der Waals surface area contributed by atoms with Crippen molar-refractivity contribution in [2.75, 3.05) is 6.61 Å². The monoisotopic (exact) mass is 226 g/mol. The van der Waals surface area contributed by atoms with Crippen molar-refractivity contribution in [3.05, 3.63) is 0 Å². The number of amides is 1. The maximum absolute atomic E-state index is 12.1. The van der Waals surface area contributed by atoms with Crippen molar-refractivity contribution in [2.24, 2.45) is 11.7 Å². The van der Waals surface area contributed by atoms with Crippen molar-refractivity contribution < 1.29 is 9.90 Å². The molecule has 0 aromatic heterocycles. The molecule has 4 nitrogen and oxygen atoms in total. The van der Waals surface area contributed by atoms with E-state index in [1.807, 2.05) is 0 Å². The Morgan fingerprint density at radius 2 is 2.19 bits per heavy atom. The first-order valence-corrected chi connectivity index (χ1v) is 6.22. The number of aliphatic hydroxyl groups is 1. The number of rotatable bonds is 3. The third kappa shape index (κ3) is 2.23. The minimum Gasteiger partial charge on any atom is -0.394 e. The molecule has 2 atom stereocenters. The summed E-state index contributed by atoms with van der Waals surface area (Å²) in [4.78, 5) is 12.1. The van der Waals surface area contributed by atoms with Gasteiger partial charge in [0, 0.05) is 0 Å². The lowest BCUT2D eigenvalue weighted by atomic mass is 9.76. The van der Waals surface area contributed by atoms with E-state index < -0.39 is 5.54 Å². The van der Waals surface area contributed by atoms with Gasteiger partial charge in [0.25, 0.3) is 0 Å². The van der Waals surface area contributed by atoms with Crippen LogP contribution < -0.4 is 11.1 Å². The highest BCUT2D eigenvalue weighted by molar-refractivity contribution is 5.87. The van der Waals surface area contributed by atoms with Crippen LogP contribution in [0.4, 0.5) is 0 Å². The number of hydrogen-bond acceptors (Lipinski definition) is 3. The zero-order chi connectivity index (χ0) is 11.8. The van der Waals surface area contributed by atoms with E-state index in [2.05, 4.69) is 12.2 Å². The van der Waals surface area contributed by atoms with E-state index >= 15 is 0 Å².